The largest absolute Gasteiger partial charge is 0.0654 e. The number of unbranched alkanes of at least 4 members (excludes halogenated alkanes) is 1. The molecule has 84 valence electrons. The average Bonchev–Trinajstić information content (AvgIpc) is 2.27. The number of rotatable bonds is 5. The van der Waals surface area contributed by atoms with Crippen LogP contribution in [0.25, 0.3) is 0 Å². The summed E-state index contributed by atoms with van der Waals surface area (Å²) in [4.78, 5) is 0. The van der Waals surface area contributed by atoms with Crippen LogP contribution in [0.15, 0.2) is 28.7 Å². The lowest BCUT2D eigenvalue weighted by Gasteiger charge is -2.29. The molecule has 0 bridgehead atoms. The van der Waals surface area contributed by atoms with Crippen molar-refractivity contribution in [2.45, 2.75) is 51.9 Å². The van der Waals surface area contributed by atoms with Crippen LogP contribution in [0.2, 0.25) is 0 Å². The predicted octanol–water partition coefficient (Wildman–Crippen LogP) is 5.31. The van der Waals surface area contributed by atoms with Crippen molar-refractivity contribution < 1.29 is 0 Å². The molecule has 0 saturated carbocycles. The summed E-state index contributed by atoms with van der Waals surface area (Å²) < 4.78 is 1.17. The van der Waals surface area contributed by atoms with E-state index in [1.165, 1.54) is 35.7 Å². The smallest absolute Gasteiger partial charge is 0.0175 e. The standard InChI is InChI=1S/C14H21Br/c1-4-6-11-14(3,5-2)12-7-9-13(15)10-8-12/h7-10H,4-6,11H2,1-3H3. The highest BCUT2D eigenvalue weighted by atomic mass is 79.9. The van der Waals surface area contributed by atoms with E-state index in [-0.39, 0.29) is 0 Å². The molecule has 0 nitrogen and oxygen atoms in total. The van der Waals surface area contributed by atoms with E-state index in [0.29, 0.717) is 5.41 Å². The van der Waals surface area contributed by atoms with E-state index in [0.717, 1.165) is 0 Å². The molecular weight excluding hydrogens is 248 g/mol. The Labute approximate surface area is 102 Å². The van der Waals surface area contributed by atoms with Gasteiger partial charge in [-0.15, -0.1) is 0 Å². The molecule has 0 N–H and O–H groups in total. The van der Waals surface area contributed by atoms with Gasteiger partial charge in [0, 0.05) is 4.47 Å². The maximum absolute atomic E-state index is 3.49. The van der Waals surface area contributed by atoms with Crippen LogP contribution in [0.3, 0.4) is 0 Å². The number of hydrogen-bond acceptors (Lipinski definition) is 0. The first-order chi connectivity index (χ1) is 7.12. The van der Waals surface area contributed by atoms with Gasteiger partial charge in [0.1, 0.15) is 0 Å². The predicted molar refractivity (Wildman–Crippen MR) is 71.3 cm³/mol. The fourth-order valence-corrected chi connectivity index (χ4v) is 2.21. The van der Waals surface area contributed by atoms with Crippen LogP contribution in [-0.4, -0.2) is 0 Å². The first-order valence-corrected chi connectivity index (χ1v) is 6.67. The normalized spacial score (nSPS) is 14.9. The van der Waals surface area contributed by atoms with Crippen LogP contribution < -0.4 is 0 Å². The topological polar surface area (TPSA) is 0 Å². The second kappa shape index (κ2) is 5.69. The maximum Gasteiger partial charge on any atom is 0.0175 e. The zero-order valence-corrected chi connectivity index (χ0v) is 11.6. The molecule has 0 saturated heterocycles. The van der Waals surface area contributed by atoms with Crippen molar-refractivity contribution in [3.05, 3.63) is 34.3 Å². The van der Waals surface area contributed by atoms with Crippen molar-refractivity contribution in [2.24, 2.45) is 0 Å². The molecule has 0 aromatic heterocycles. The highest BCUT2D eigenvalue weighted by Gasteiger charge is 2.23. The van der Waals surface area contributed by atoms with Crippen LogP contribution in [0.5, 0.6) is 0 Å². The third kappa shape index (κ3) is 3.34. The molecule has 0 radical (unpaired) electrons. The molecule has 0 aliphatic heterocycles. The highest BCUT2D eigenvalue weighted by molar-refractivity contribution is 9.10. The van der Waals surface area contributed by atoms with Gasteiger partial charge in [-0.2, -0.15) is 0 Å². The Morgan fingerprint density at radius 3 is 2.20 bits per heavy atom. The number of halogens is 1. The zero-order chi connectivity index (χ0) is 11.3. The Kier molecular flexibility index (Phi) is 4.85. The van der Waals surface area contributed by atoms with Crippen LogP contribution in [0, 0.1) is 0 Å². The van der Waals surface area contributed by atoms with Gasteiger partial charge in [-0.1, -0.05) is 61.7 Å². The lowest BCUT2D eigenvalue weighted by Crippen LogP contribution is -2.20. The van der Waals surface area contributed by atoms with Gasteiger partial charge < -0.3 is 0 Å². The third-order valence-electron chi connectivity index (χ3n) is 3.40. The second-order valence-corrected chi connectivity index (χ2v) is 5.44. The molecule has 1 rings (SSSR count). The highest BCUT2D eigenvalue weighted by Crippen LogP contribution is 2.33. The van der Waals surface area contributed by atoms with Crippen molar-refractivity contribution in [1.82, 2.24) is 0 Å². The van der Waals surface area contributed by atoms with Crippen LogP contribution >= 0.6 is 15.9 Å². The fraction of sp³-hybridized carbons (Fsp3) is 0.571. The Balaban J connectivity index is 2.85. The summed E-state index contributed by atoms with van der Waals surface area (Å²) in [7, 11) is 0. The van der Waals surface area contributed by atoms with Crippen LogP contribution in [0.4, 0.5) is 0 Å². The lowest BCUT2D eigenvalue weighted by atomic mass is 9.76. The van der Waals surface area contributed by atoms with Gasteiger partial charge in [-0.05, 0) is 36.0 Å². The summed E-state index contributed by atoms with van der Waals surface area (Å²) in [6.45, 7) is 6.93. The molecule has 1 aromatic rings. The molecule has 0 aliphatic rings. The van der Waals surface area contributed by atoms with Gasteiger partial charge in [-0.3, -0.25) is 0 Å². The Bertz CT molecular complexity index is 289. The van der Waals surface area contributed by atoms with Crippen LogP contribution in [0.1, 0.15) is 52.0 Å². The van der Waals surface area contributed by atoms with Gasteiger partial charge in [0.15, 0.2) is 0 Å². The molecule has 0 spiro atoms. The summed E-state index contributed by atoms with van der Waals surface area (Å²) in [5.74, 6) is 0. The van der Waals surface area contributed by atoms with Gasteiger partial charge >= 0.3 is 0 Å². The maximum atomic E-state index is 3.49. The molecule has 0 aliphatic carbocycles. The Morgan fingerprint density at radius 1 is 1.13 bits per heavy atom. The van der Waals surface area contributed by atoms with Crippen molar-refractivity contribution >= 4 is 15.9 Å². The Morgan fingerprint density at radius 2 is 1.73 bits per heavy atom. The number of benzene rings is 1. The van der Waals surface area contributed by atoms with E-state index in [1.54, 1.807) is 0 Å². The molecule has 1 heteroatoms. The minimum Gasteiger partial charge on any atom is -0.0654 e. The van der Waals surface area contributed by atoms with E-state index in [4.69, 9.17) is 0 Å². The summed E-state index contributed by atoms with van der Waals surface area (Å²) in [6.07, 6.45) is 5.11. The molecule has 0 fully saturated rings. The first-order valence-electron chi connectivity index (χ1n) is 5.88. The molecule has 1 unspecified atom stereocenters. The molecule has 0 heterocycles. The molecule has 1 atom stereocenters. The zero-order valence-electron chi connectivity index (χ0n) is 10.0. The first kappa shape index (κ1) is 12.8. The van der Waals surface area contributed by atoms with Crippen molar-refractivity contribution in [1.29, 1.82) is 0 Å². The fourth-order valence-electron chi connectivity index (χ4n) is 1.94. The minimum absolute atomic E-state index is 0.358. The Hall–Kier alpha value is -0.300. The van der Waals surface area contributed by atoms with Gasteiger partial charge in [-0.25, -0.2) is 0 Å². The second-order valence-electron chi connectivity index (χ2n) is 4.52. The van der Waals surface area contributed by atoms with Crippen LogP contribution in [-0.2, 0) is 5.41 Å². The quantitative estimate of drug-likeness (QED) is 0.679. The molecular formula is C14H21Br. The van der Waals surface area contributed by atoms with E-state index >= 15 is 0 Å². The van der Waals surface area contributed by atoms with E-state index in [2.05, 4.69) is 61.0 Å². The molecule has 15 heavy (non-hydrogen) atoms. The summed E-state index contributed by atoms with van der Waals surface area (Å²) in [5.41, 5.74) is 1.83. The summed E-state index contributed by atoms with van der Waals surface area (Å²) in [5, 5.41) is 0. The van der Waals surface area contributed by atoms with E-state index in [9.17, 15) is 0 Å². The summed E-state index contributed by atoms with van der Waals surface area (Å²) >= 11 is 3.49. The SMILES string of the molecule is CCCCC(C)(CC)c1ccc(Br)cc1. The average molecular weight is 269 g/mol. The van der Waals surface area contributed by atoms with Crippen molar-refractivity contribution in [3.63, 3.8) is 0 Å². The number of hydrogen-bond donors (Lipinski definition) is 0. The van der Waals surface area contributed by atoms with E-state index in [1.807, 2.05) is 0 Å². The lowest BCUT2D eigenvalue weighted by molar-refractivity contribution is 0.403. The molecule has 0 amide bonds. The summed E-state index contributed by atoms with van der Waals surface area (Å²) in [6, 6.07) is 8.80. The monoisotopic (exact) mass is 268 g/mol. The van der Waals surface area contributed by atoms with Gasteiger partial charge in [0.05, 0.1) is 0 Å². The van der Waals surface area contributed by atoms with Crippen molar-refractivity contribution in [3.8, 4) is 0 Å². The van der Waals surface area contributed by atoms with Gasteiger partial charge in [0.25, 0.3) is 0 Å². The molecule has 1 aromatic carbocycles. The van der Waals surface area contributed by atoms with Gasteiger partial charge in [0.2, 0.25) is 0 Å². The van der Waals surface area contributed by atoms with E-state index < -0.39 is 0 Å². The van der Waals surface area contributed by atoms with Crippen molar-refractivity contribution in [2.75, 3.05) is 0 Å². The minimum atomic E-state index is 0.358. The third-order valence-corrected chi connectivity index (χ3v) is 3.93.